The number of anilines is 1. The number of thioether (sulfide) groups is 1. The Labute approximate surface area is 159 Å². The first-order valence-electron chi connectivity index (χ1n) is 8.00. The number of benzene rings is 2. The van der Waals surface area contributed by atoms with Gasteiger partial charge in [0, 0.05) is 11.0 Å². The highest BCUT2D eigenvalue weighted by molar-refractivity contribution is 9.10. The molecule has 0 radical (unpaired) electrons. The summed E-state index contributed by atoms with van der Waals surface area (Å²) in [5.74, 6) is -0.0118. The number of amides is 1. The third-order valence-electron chi connectivity index (χ3n) is 4.58. The van der Waals surface area contributed by atoms with Crippen molar-refractivity contribution >= 4 is 50.0 Å². The van der Waals surface area contributed by atoms with Gasteiger partial charge in [0.2, 0.25) is 0 Å². The minimum atomic E-state index is -0.761. The molecule has 4 rings (SSSR count). The van der Waals surface area contributed by atoms with Crippen molar-refractivity contribution in [2.75, 3.05) is 17.8 Å². The topological polar surface area (TPSA) is 45.0 Å². The molecule has 25 heavy (non-hydrogen) atoms. The molecule has 0 bridgehead atoms. The predicted octanol–water partition coefficient (Wildman–Crippen LogP) is 4.35. The normalized spacial score (nSPS) is 22.5. The summed E-state index contributed by atoms with van der Waals surface area (Å²) in [7, 11) is 0. The van der Waals surface area contributed by atoms with Crippen LogP contribution in [0.1, 0.15) is 12.0 Å². The van der Waals surface area contributed by atoms with Gasteiger partial charge in [-0.25, -0.2) is 0 Å². The fourth-order valence-corrected chi connectivity index (χ4v) is 4.51. The van der Waals surface area contributed by atoms with Crippen molar-refractivity contribution in [3.05, 3.63) is 64.6 Å². The van der Waals surface area contributed by atoms with E-state index in [1.165, 1.54) is 5.01 Å². The Balaban J connectivity index is 1.88. The highest BCUT2D eigenvalue weighted by Gasteiger charge is 2.57. The van der Waals surface area contributed by atoms with Crippen LogP contribution in [-0.2, 0) is 4.79 Å². The molecule has 0 saturated carbocycles. The Hall–Kier alpha value is -1.92. The first kappa shape index (κ1) is 16.5. The summed E-state index contributed by atoms with van der Waals surface area (Å²) in [5.41, 5.74) is 1.77. The van der Waals surface area contributed by atoms with Gasteiger partial charge in [-0.15, -0.1) is 11.8 Å². The van der Waals surface area contributed by atoms with Crippen molar-refractivity contribution in [1.82, 2.24) is 0 Å². The van der Waals surface area contributed by atoms with Gasteiger partial charge in [0.25, 0.3) is 5.91 Å². The van der Waals surface area contributed by atoms with Crippen molar-refractivity contribution in [2.45, 2.75) is 6.42 Å². The summed E-state index contributed by atoms with van der Waals surface area (Å²) >= 11 is 5.01. The van der Waals surface area contributed by atoms with Gasteiger partial charge >= 0.3 is 0 Å². The van der Waals surface area contributed by atoms with E-state index in [1.54, 1.807) is 11.8 Å². The number of halogens is 1. The molecule has 0 aliphatic carbocycles. The van der Waals surface area contributed by atoms with E-state index in [2.05, 4.69) is 20.9 Å². The van der Waals surface area contributed by atoms with Gasteiger partial charge < -0.3 is 0 Å². The molecule has 1 unspecified atom stereocenters. The molecule has 2 aromatic carbocycles. The van der Waals surface area contributed by atoms with Crippen LogP contribution in [0.25, 0.3) is 0 Å². The molecule has 1 spiro atoms. The average molecular weight is 414 g/mol. The van der Waals surface area contributed by atoms with Crippen molar-refractivity contribution in [1.29, 1.82) is 0 Å². The molecule has 2 aliphatic heterocycles. The lowest BCUT2D eigenvalue weighted by atomic mass is 9.79. The maximum absolute atomic E-state index is 13.5. The maximum Gasteiger partial charge on any atom is 0.266 e. The molecular weight excluding hydrogens is 398 g/mol. The number of hydrogen-bond donors (Lipinski definition) is 0. The minimum Gasteiger partial charge on any atom is -0.281 e. The monoisotopic (exact) mass is 413 g/mol. The van der Waals surface area contributed by atoms with Crippen LogP contribution in [0.4, 0.5) is 5.69 Å². The largest absolute Gasteiger partial charge is 0.281 e. The van der Waals surface area contributed by atoms with Crippen molar-refractivity contribution in [2.24, 2.45) is 15.5 Å². The SMILES string of the molecule is CSC1=NCCC12C(=O)N(c1ccccc1)N=C2c1ccc(Br)cc1. The Kier molecular flexibility index (Phi) is 4.25. The van der Waals surface area contributed by atoms with E-state index in [1.807, 2.05) is 60.9 Å². The van der Waals surface area contributed by atoms with Crippen LogP contribution >= 0.6 is 27.7 Å². The molecule has 6 heteroatoms. The van der Waals surface area contributed by atoms with Gasteiger partial charge in [0.1, 0.15) is 5.41 Å². The van der Waals surface area contributed by atoms with Gasteiger partial charge in [-0.2, -0.15) is 10.1 Å². The molecular formula is C19H16BrN3OS. The van der Waals surface area contributed by atoms with E-state index in [0.717, 1.165) is 26.5 Å². The Morgan fingerprint density at radius 2 is 1.84 bits per heavy atom. The molecule has 0 fully saturated rings. The van der Waals surface area contributed by atoms with E-state index in [-0.39, 0.29) is 5.91 Å². The van der Waals surface area contributed by atoms with Crippen LogP contribution in [0.3, 0.4) is 0 Å². The lowest BCUT2D eigenvalue weighted by Gasteiger charge is -2.25. The quantitative estimate of drug-likeness (QED) is 0.734. The van der Waals surface area contributed by atoms with Crippen molar-refractivity contribution < 1.29 is 4.79 Å². The molecule has 0 N–H and O–H groups in total. The second-order valence-electron chi connectivity index (χ2n) is 5.95. The second kappa shape index (κ2) is 6.42. The fourth-order valence-electron chi connectivity index (χ4n) is 3.39. The van der Waals surface area contributed by atoms with Crippen LogP contribution in [0.15, 0.2) is 69.2 Å². The summed E-state index contributed by atoms with van der Waals surface area (Å²) < 4.78 is 1.00. The molecule has 0 aromatic heterocycles. The van der Waals surface area contributed by atoms with Crippen LogP contribution < -0.4 is 5.01 Å². The zero-order valence-electron chi connectivity index (χ0n) is 13.6. The third-order valence-corrected chi connectivity index (χ3v) is 5.97. The van der Waals surface area contributed by atoms with Crippen LogP contribution in [0.2, 0.25) is 0 Å². The van der Waals surface area contributed by atoms with Gasteiger partial charge in [-0.3, -0.25) is 9.79 Å². The molecule has 1 atom stereocenters. The molecule has 4 nitrogen and oxygen atoms in total. The van der Waals surface area contributed by atoms with E-state index < -0.39 is 5.41 Å². The summed E-state index contributed by atoms with van der Waals surface area (Å²) in [4.78, 5) is 18.1. The predicted molar refractivity (Wildman–Crippen MR) is 107 cm³/mol. The minimum absolute atomic E-state index is 0.0118. The zero-order chi connectivity index (χ0) is 17.4. The number of para-hydroxylation sites is 1. The summed E-state index contributed by atoms with van der Waals surface area (Å²) in [6.07, 6.45) is 2.64. The van der Waals surface area contributed by atoms with E-state index in [0.29, 0.717) is 13.0 Å². The van der Waals surface area contributed by atoms with Gasteiger partial charge in [0.05, 0.1) is 16.4 Å². The van der Waals surface area contributed by atoms with Crippen LogP contribution in [-0.4, -0.2) is 29.5 Å². The smallest absolute Gasteiger partial charge is 0.266 e. The first-order valence-corrected chi connectivity index (χ1v) is 10.0. The summed E-state index contributed by atoms with van der Waals surface area (Å²) in [5, 5.41) is 7.16. The third kappa shape index (κ3) is 2.55. The van der Waals surface area contributed by atoms with Crippen molar-refractivity contribution in [3.63, 3.8) is 0 Å². The lowest BCUT2D eigenvalue weighted by molar-refractivity contribution is -0.121. The zero-order valence-corrected chi connectivity index (χ0v) is 16.0. The average Bonchev–Trinajstić information content (AvgIpc) is 3.20. The van der Waals surface area contributed by atoms with Gasteiger partial charge in [0.15, 0.2) is 0 Å². The van der Waals surface area contributed by atoms with Crippen molar-refractivity contribution in [3.8, 4) is 0 Å². The number of carbonyl (C=O) groups excluding carboxylic acids is 1. The standard InChI is InChI=1S/C19H16BrN3OS/c1-25-17-19(11-12-21-17)16(13-7-9-14(20)10-8-13)22-23(18(19)24)15-5-3-2-4-6-15/h2-10H,11-12H2,1H3. The van der Waals surface area contributed by atoms with E-state index >= 15 is 0 Å². The summed E-state index contributed by atoms with van der Waals surface area (Å²) in [6.45, 7) is 0.653. The fraction of sp³-hybridized carbons (Fsp3) is 0.211. The molecule has 2 heterocycles. The van der Waals surface area contributed by atoms with Gasteiger partial charge in [-0.05, 0) is 42.5 Å². The highest BCUT2D eigenvalue weighted by Crippen LogP contribution is 2.44. The molecule has 0 saturated heterocycles. The number of hydrogen-bond acceptors (Lipinski definition) is 4. The number of carbonyl (C=O) groups is 1. The second-order valence-corrected chi connectivity index (χ2v) is 7.66. The number of nitrogens with zero attached hydrogens (tertiary/aromatic N) is 3. The molecule has 1 amide bonds. The number of hydrazone groups is 1. The molecule has 2 aliphatic rings. The first-order chi connectivity index (χ1) is 12.2. The number of aliphatic imine (C=N–C) groups is 1. The Bertz CT molecular complexity index is 879. The summed E-state index contributed by atoms with van der Waals surface area (Å²) in [6, 6.07) is 17.5. The molecule has 126 valence electrons. The van der Waals surface area contributed by atoms with E-state index in [4.69, 9.17) is 5.10 Å². The van der Waals surface area contributed by atoms with Crippen LogP contribution in [0.5, 0.6) is 0 Å². The lowest BCUT2D eigenvalue weighted by Crippen LogP contribution is -2.43. The maximum atomic E-state index is 13.5. The van der Waals surface area contributed by atoms with Gasteiger partial charge in [-0.1, -0.05) is 46.3 Å². The number of rotatable bonds is 2. The van der Waals surface area contributed by atoms with E-state index in [9.17, 15) is 4.79 Å². The Morgan fingerprint density at radius 1 is 1.12 bits per heavy atom. The van der Waals surface area contributed by atoms with Crippen LogP contribution in [0, 0.1) is 5.41 Å². The Morgan fingerprint density at radius 3 is 2.52 bits per heavy atom. The molecule has 2 aromatic rings. The highest BCUT2D eigenvalue weighted by atomic mass is 79.9.